The van der Waals surface area contributed by atoms with Gasteiger partial charge in [0.2, 0.25) is 0 Å². The van der Waals surface area contributed by atoms with Crippen LogP contribution < -0.4 is 5.32 Å². The number of nitrogens with zero attached hydrogens (tertiary/aromatic N) is 2. The van der Waals surface area contributed by atoms with E-state index in [0.717, 1.165) is 18.9 Å². The third-order valence-electron chi connectivity index (χ3n) is 3.52. The predicted molar refractivity (Wildman–Crippen MR) is 71.0 cm³/mol. The van der Waals surface area contributed by atoms with Crippen molar-refractivity contribution in [3.05, 3.63) is 30.1 Å². The molecule has 2 rings (SSSR count). The molecule has 3 nitrogen and oxygen atoms in total. The Morgan fingerprint density at radius 3 is 3.00 bits per heavy atom. The van der Waals surface area contributed by atoms with Gasteiger partial charge in [-0.15, -0.1) is 0 Å². The summed E-state index contributed by atoms with van der Waals surface area (Å²) in [6, 6.07) is 4.23. The van der Waals surface area contributed by atoms with Crippen LogP contribution in [0.2, 0.25) is 0 Å². The first kappa shape index (κ1) is 12.5. The summed E-state index contributed by atoms with van der Waals surface area (Å²) in [4.78, 5) is 6.63. The molecule has 0 radical (unpaired) electrons. The summed E-state index contributed by atoms with van der Waals surface area (Å²) in [5, 5.41) is 3.45. The van der Waals surface area contributed by atoms with Crippen molar-refractivity contribution < 1.29 is 0 Å². The molecule has 1 aliphatic heterocycles. The van der Waals surface area contributed by atoms with Gasteiger partial charge >= 0.3 is 0 Å². The second kappa shape index (κ2) is 6.72. The van der Waals surface area contributed by atoms with Crippen molar-refractivity contribution in [1.29, 1.82) is 0 Å². The summed E-state index contributed by atoms with van der Waals surface area (Å²) in [5.74, 6) is 0.854. The summed E-state index contributed by atoms with van der Waals surface area (Å²) < 4.78 is 0. The summed E-state index contributed by atoms with van der Waals surface area (Å²) in [5.41, 5.74) is 1.40. The fourth-order valence-electron chi connectivity index (χ4n) is 2.47. The van der Waals surface area contributed by atoms with E-state index in [1.165, 1.54) is 38.2 Å². The molecular weight excluding hydrogens is 210 g/mol. The quantitative estimate of drug-likeness (QED) is 0.808. The van der Waals surface area contributed by atoms with E-state index in [1.807, 2.05) is 12.4 Å². The standard InChI is InChI=1S/C14H23N3/c1-2-15-11-14-6-10-17(12-14)9-5-13-3-7-16-8-4-13/h3-4,7-8,14-15H,2,5-6,9-12H2,1H3. The van der Waals surface area contributed by atoms with Crippen LogP contribution in [-0.2, 0) is 6.42 Å². The third-order valence-corrected chi connectivity index (χ3v) is 3.52. The normalized spacial score (nSPS) is 20.9. The minimum Gasteiger partial charge on any atom is -0.317 e. The van der Waals surface area contributed by atoms with E-state index in [4.69, 9.17) is 0 Å². The Hall–Kier alpha value is -0.930. The van der Waals surface area contributed by atoms with Crippen LogP contribution in [0.3, 0.4) is 0 Å². The van der Waals surface area contributed by atoms with Crippen LogP contribution in [0.15, 0.2) is 24.5 Å². The Kier molecular flexibility index (Phi) is 4.95. The van der Waals surface area contributed by atoms with Gasteiger partial charge in [-0.05, 0) is 56.1 Å². The van der Waals surface area contributed by atoms with Crippen LogP contribution >= 0.6 is 0 Å². The van der Waals surface area contributed by atoms with E-state index in [9.17, 15) is 0 Å². The number of likely N-dealkylation sites (tertiary alicyclic amines) is 1. The SMILES string of the molecule is CCNCC1CCN(CCc2ccncc2)C1. The number of hydrogen-bond acceptors (Lipinski definition) is 3. The van der Waals surface area contributed by atoms with Gasteiger partial charge < -0.3 is 10.2 Å². The van der Waals surface area contributed by atoms with Crippen LogP contribution in [0.5, 0.6) is 0 Å². The molecule has 1 unspecified atom stereocenters. The fourth-order valence-corrected chi connectivity index (χ4v) is 2.47. The van der Waals surface area contributed by atoms with Gasteiger partial charge in [0.1, 0.15) is 0 Å². The zero-order valence-corrected chi connectivity index (χ0v) is 10.7. The second-order valence-electron chi connectivity index (χ2n) is 4.87. The zero-order valence-electron chi connectivity index (χ0n) is 10.7. The fraction of sp³-hybridized carbons (Fsp3) is 0.643. The smallest absolute Gasteiger partial charge is 0.0270 e. The Bertz CT molecular complexity index is 313. The molecule has 1 N–H and O–H groups in total. The van der Waals surface area contributed by atoms with Gasteiger partial charge in [0, 0.05) is 25.5 Å². The number of aromatic nitrogens is 1. The Labute approximate surface area is 104 Å². The van der Waals surface area contributed by atoms with Crippen LogP contribution in [0.1, 0.15) is 18.9 Å². The van der Waals surface area contributed by atoms with Crippen molar-refractivity contribution in [1.82, 2.24) is 15.2 Å². The van der Waals surface area contributed by atoms with Gasteiger partial charge in [-0.3, -0.25) is 4.98 Å². The van der Waals surface area contributed by atoms with Gasteiger partial charge in [-0.2, -0.15) is 0 Å². The number of pyridine rings is 1. The van der Waals surface area contributed by atoms with E-state index in [2.05, 4.69) is 34.3 Å². The highest BCUT2D eigenvalue weighted by atomic mass is 15.1. The monoisotopic (exact) mass is 233 g/mol. The van der Waals surface area contributed by atoms with E-state index in [1.54, 1.807) is 0 Å². The minimum absolute atomic E-state index is 0.854. The van der Waals surface area contributed by atoms with Crippen molar-refractivity contribution in [3.8, 4) is 0 Å². The highest BCUT2D eigenvalue weighted by Gasteiger charge is 2.21. The van der Waals surface area contributed by atoms with Gasteiger partial charge in [0.15, 0.2) is 0 Å². The lowest BCUT2D eigenvalue weighted by molar-refractivity contribution is 0.326. The molecule has 0 saturated carbocycles. The Morgan fingerprint density at radius 1 is 1.41 bits per heavy atom. The van der Waals surface area contributed by atoms with E-state index >= 15 is 0 Å². The van der Waals surface area contributed by atoms with Gasteiger partial charge in [0.25, 0.3) is 0 Å². The molecule has 2 heterocycles. The molecule has 1 fully saturated rings. The molecule has 17 heavy (non-hydrogen) atoms. The first-order valence-corrected chi connectivity index (χ1v) is 6.70. The first-order chi connectivity index (χ1) is 8.38. The molecule has 1 aromatic heterocycles. The Morgan fingerprint density at radius 2 is 2.24 bits per heavy atom. The summed E-state index contributed by atoms with van der Waals surface area (Å²) >= 11 is 0. The van der Waals surface area contributed by atoms with Crippen LogP contribution in [0.25, 0.3) is 0 Å². The van der Waals surface area contributed by atoms with Gasteiger partial charge in [-0.25, -0.2) is 0 Å². The maximum atomic E-state index is 4.05. The third kappa shape index (κ3) is 4.10. The molecule has 3 heteroatoms. The van der Waals surface area contributed by atoms with E-state index in [-0.39, 0.29) is 0 Å². The molecule has 1 atom stereocenters. The Balaban J connectivity index is 1.68. The molecule has 0 spiro atoms. The van der Waals surface area contributed by atoms with E-state index in [0.29, 0.717) is 0 Å². The van der Waals surface area contributed by atoms with Crippen molar-refractivity contribution in [2.45, 2.75) is 19.8 Å². The molecule has 0 aliphatic carbocycles. The highest BCUT2D eigenvalue weighted by Crippen LogP contribution is 2.15. The maximum Gasteiger partial charge on any atom is 0.0270 e. The summed E-state index contributed by atoms with van der Waals surface area (Å²) in [7, 11) is 0. The van der Waals surface area contributed by atoms with Crippen molar-refractivity contribution in [3.63, 3.8) is 0 Å². The lowest BCUT2D eigenvalue weighted by atomic mass is 10.1. The number of rotatable bonds is 6. The van der Waals surface area contributed by atoms with Crippen molar-refractivity contribution in [2.24, 2.45) is 5.92 Å². The average Bonchev–Trinajstić information content (AvgIpc) is 2.83. The van der Waals surface area contributed by atoms with Crippen molar-refractivity contribution in [2.75, 3.05) is 32.7 Å². The van der Waals surface area contributed by atoms with Crippen LogP contribution in [-0.4, -0.2) is 42.6 Å². The zero-order chi connectivity index (χ0) is 11.9. The molecule has 0 aromatic carbocycles. The van der Waals surface area contributed by atoms with Gasteiger partial charge in [0.05, 0.1) is 0 Å². The lowest BCUT2D eigenvalue weighted by Gasteiger charge is -2.16. The van der Waals surface area contributed by atoms with Gasteiger partial charge in [-0.1, -0.05) is 6.92 Å². The minimum atomic E-state index is 0.854. The van der Waals surface area contributed by atoms with Crippen molar-refractivity contribution >= 4 is 0 Å². The predicted octanol–water partition coefficient (Wildman–Crippen LogP) is 1.56. The molecule has 0 bridgehead atoms. The lowest BCUT2D eigenvalue weighted by Crippen LogP contribution is -2.27. The molecule has 94 valence electrons. The maximum absolute atomic E-state index is 4.05. The van der Waals surface area contributed by atoms with Crippen LogP contribution in [0.4, 0.5) is 0 Å². The topological polar surface area (TPSA) is 28.2 Å². The largest absolute Gasteiger partial charge is 0.317 e. The molecule has 0 amide bonds. The molecule has 1 saturated heterocycles. The second-order valence-corrected chi connectivity index (χ2v) is 4.87. The molecule has 1 aliphatic rings. The number of hydrogen-bond donors (Lipinski definition) is 1. The molecule has 1 aromatic rings. The average molecular weight is 233 g/mol. The summed E-state index contributed by atoms with van der Waals surface area (Å²) in [6.07, 6.45) is 6.26. The number of nitrogens with one attached hydrogen (secondary N) is 1. The van der Waals surface area contributed by atoms with Crippen LogP contribution in [0, 0.1) is 5.92 Å². The highest BCUT2D eigenvalue weighted by molar-refractivity contribution is 5.09. The van der Waals surface area contributed by atoms with E-state index < -0.39 is 0 Å². The summed E-state index contributed by atoms with van der Waals surface area (Å²) in [6.45, 7) is 8.16. The first-order valence-electron chi connectivity index (χ1n) is 6.70. The molecular formula is C14H23N3.